The summed E-state index contributed by atoms with van der Waals surface area (Å²) in [6, 6.07) is 14.8. The third kappa shape index (κ3) is 5.66. The Kier molecular flexibility index (Phi) is 7.52. The van der Waals surface area contributed by atoms with Crippen molar-refractivity contribution >= 4 is 27.3 Å². The van der Waals surface area contributed by atoms with Gasteiger partial charge in [-0.2, -0.15) is 4.31 Å². The summed E-state index contributed by atoms with van der Waals surface area (Å²) in [6.45, 7) is 5.32. The number of morpholine rings is 1. The number of hydrogen-bond acceptors (Lipinski definition) is 6. The Bertz CT molecular complexity index is 1050. The first kappa shape index (κ1) is 23.5. The van der Waals surface area contributed by atoms with Crippen LogP contribution < -0.4 is 15.5 Å². The molecular weight excluding hydrogens is 440 g/mol. The van der Waals surface area contributed by atoms with Crippen LogP contribution in [0, 0.1) is 0 Å². The molecule has 0 spiro atoms. The van der Waals surface area contributed by atoms with Gasteiger partial charge in [0.15, 0.2) is 0 Å². The zero-order chi connectivity index (χ0) is 23.3. The van der Waals surface area contributed by atoms with Crippen molar-refractivity contribution in [1.82, 2.24) is 9.62 Å². The first-order valence-electron chi connectivity index (χ1n) is 11.5. The lowest BCUT2D eigenvalue weighted by Gasteiger charge is -2.27. The summed E-state index contributed by atoms with van der Waals surface area (Å²) in [7, 11) is -3.62. The minimum atomic E-state index is -3.62. The van der Waals surface area contributed by atoms with Gasteiger partial charge in [0.2, 0.25) is 15.9 Å². The number of amides is 1. The Hall–Kier alpha value is -2.62. The number of benzene rings is 2. The van der Waals surface area contributed by atoms with E-state index in [1.54, 1.807) is 12.1 Å². The van der Waals surface area contributed by atoms with Gasteiger partial charge >= 0.3 is 0 Å². The molecule has 33 heavy (non-hydrogen) atoms. The summed E-state index contributed by atoms with van der Waals surface area (Å²) in [5, 5.41) is 6.20. The second kappa shape index (κ2) is 10.5. The quantitative estimate of drug-likeness (QED) is 0.614. The van der Waals surface area contributed by atoms with Crippen LogP contribution in [-0.4, -0.2) is 64.6 Å². The average Bonchev–Trinajstić information content (AvgIpc) is 3.38. The smallest absolute Gasteiger partial charge is 0.243 e. The lowest BCUT2D eigenvalue weighted by Crippen LogP contribution is -2.40. The number of nitrogens with zero attached hydrogens (tertiary/aromatic N) is 2. The van der Waals surface area contributed by atoms with Crippen LogP contribution in [0.5, 0.6) is 0 Å². The fourth-order valence-corrected chi connectivity index (χ4v) is 5.71. The Morgan fingerprint density at radius 1 is 1.03 bits per heavy atom. The van der Waals surface area contributed by atoms with Crippen LogP contribution in [0.3, 0.4) is 0 Å². The summed E-state index contributed by atoms with van der Waals surface area (Å²) < 4.78 is 33.1. The minimum Gasteiger partial charge on any atom is -0.379 e. The maximum Gasteiger partial charge on any atom is 0.243 e. The third-order valence-electron chi connectivity index (χ3n) is 6.14. The molecule has 0 saturated carbocycles. The fourth-order valence-electron chi connectivity index (χ4n) is 4.28. The molecule has 9 heteroatoms. The standard InChI is InChI=1S/C24H32N4O4S/c1-19(20-7-3-2-4-8-20)26-24(29)18-25-22-17-21(9-10-23(22)27-11-5-6-12-27)33(30,31)28-13-15-32-16-14-28/h2-4,7-10,17,19,25H,5-6,11-16,18H2,1H3,(H,26,29)/t19-/m1/s1. The van der Waals surface area contributed by atoms with E-state index in [4.69, 9.17) is 4.74 Å². The lowest BCUT2D eigenvalue weighted by atomic mass is 10.1. The van der Waals surface area contributed by atoms with Crippen molar-refractivity contribution in [2.45, 2.75) is 30.7 Å². The molecule has 2 aromatic carbocycles. The Labute approximate surface area is 196 Å². The molecule has 0 aromatic heterocycles. The molecule has 0 unspecified atom stereocenters. The van der Waals surface area contributed by atoms with E-state index in [0.717, 1.165) is 37.2 Å². The molecular formula is C24H32N4O4S. The summed E-state index contributed by atoms with van der Waals surface area (Å²) >= 11 is 0. The van der Waals surface area contributed by atoms with E-state index < -0.39 is 10.0 Å². The normalized spacial score (nSPS) is 18.2. The van der Waals surface area contributed by atoms with E-state index in [1.807, 2.05) is 43.3 Å². The molecule has 0 bridgehead atoms. The van der Waals surface area contributed by atoms with Crippen LogP contribution in [0.4, 0.5) is 11.4 Å². The molecule has 2 N–H and O–H groups in total. The number of carbonyl (C=O) groups excluding carboxylic acids is 1. The maximum absolute atomic E-state index is 13.2. The highest BCUT2D eigenvalue weighted by Crippen LogP contribution is 2.32. The number of ether oxygens (including phenoxy) is 1. The van der Waals surface area contributed by atoms with Crippen molar-refractivity contribution in [3.8, 4) is 0 Å². The molecule has 1 amide bonds. The van der Waals surface area contributed by atoms with E-state index in [1.165, 1.54) is 4.31 Å². The molecule has 8 nitrogen and oxygen atoms in total. The largest absolute Gasteiger partial charge is 0.379 e. The zero-order valence-electron chi connectivity index (χ0n) is 19.0. The Morgan fingerprint density at radius 3 is 2.42 bits per heavy atom. The fraction of sp³-hybridized carbons (Fsp3) is 0.458. The van der Waals surface area contributed by atoms with E-state index in [-0.39, 0.29) is 23.4 Å². The van der Waals surface area contributed by atoms with Crippen LogP contribution in [-0.2, 0) is 19.6 Å². The van der Waals surface area contributed by atoms with Crippen LogP contribution >= 0.6 is 0 Å². The summed E-state index contributed by atoms with van der Waals surface area (Å²) in [5.74, 6) is -0.153. The number of nitrogens with one attached hydrogen (secondary N) is 2. The van der Waals surface area contributed by atoms with E-state index in [9.17, 15) is 13.2 Å². The van der Waals surface area contributed by atoms with Crippen LogP contribution in [0.1, 0.15) is 31.4 Å². The number of hydrogen-bond donors (Lipinski definition) is 2. The third-order valence-corrected chi connectivity index (χ3v) is 8.03. The molecule has 1 atom stereocenters. The lowest BCUT2D eigenvalue weighted by molar-refractivity contribution is -0.120. The van der Waals surface area contributed by atoms with Gasteiger partial charge in [-0.05, 0) is 43.5 Å². The van der Waals surface area contributed by atoms with Crippen LogP contribution in [0.25, 0.3) is 0 Å². The number of rotatable bonds is 8. The molecule has 2 heterocycles. The van der Waals surface area contributed by atoms with Crippen molar-refractivity contribution in [2.24, 2.45) is 0 Å². The van der Waals surface area contributed by atoms with Gasteiger partial charge in [0.1, 0.15) is 0 Å². The molecule has 2 aliphatic heterocycles. The van der Waals surface area contributed by atoms with Crippen LogP contribution in [0.15, 0.2) is 53.4 Å². The van der Waals surface area contributed by atoms with Gasteiger partial charge in [-0.15, -0.1) is 0 Å². The molecule has 178 valence electrons. The predicted octanol–water partition coefficient (Wildman–Crippen LogP) is 2.60. The van der Waals surface area contributed by atoms with Crippen molar-refractivity contribution in [3.05, 3.63) is 54.1 Å². The zero-order valence-corrected chi connectivity index (χ0v) is 19.8. The number of sulfonamides is 1. The summed E-state index contributed by atoms with van der Waals surface area (Å²) in [5.41, 5.74) is 2.62. The van der Waals surface area contributed by atoms with Crippen molar-refractivity contribution < 1.29 is 17.9 Å². The topological polar surface area (TPSA) is 91.0 Å². The van der Waals surface area contributed by atoms with Gasteiger partial charge in [0.05, 0.1) is 42.1 Å². The predicted molar refractivity (Wildman–Crippen MR) is 129 cm³/mol. The molecule has 2 fully saturated rings. The average molecular weight is 473 g/mol. The molecule has 2 aromatic rings. The van der Waals surface area contributed by atoms with E-state index in [0.29, 0.717) is 32.0 Å². The van der Waals surface area contributed by atoms with Gasteiger partial charge < -0.3 is 20.3 Å². The molecule has 0 aliphatic carbocycles. The molecule has 0 radical (unpaired) electrons. The van der Waals surface area contributed by atoms with Gasteiger partial charge in [-0.25, -0.2) is 8.42 Å². The number of anilines is 2. The van der Waals surface area contributed by atoms with Gasteiger partial charge in [0.25, 0.3) is 0 Å². The monoisotopic (exact) mass is 472 g/mol. The molecule has 4 rings (SSSR count). The highest BCUT2D eigenvalue weighted by Gasteiger charge is 2.28. The van der Waals surface area contributed by atoms with Crippen molar-refractivity contribution in [2.75, 3.05) is 56.2 Å². The molecule has 2 saturated heterocycles. The second-order valence-electron chi connectivity index (χ2n) is 8.44. The Balaban J connectivity index is 1.50. The van der Waals surface area contributed by atoms with E-state index >= 15 is 0 Å². The maximum atomic E-state index is 13.2. The van der Waals surface area contributed by atoms with Crippen LogP contribution in [0.2, 0.25) is 0 Å². The van der Waals surface area contributed by atoms with Crippen molar-refractivity contribution in [3.63, 3.8) is 0 Å². The SMILES string of the molecule is C[C@@H](NC(=O)CNc1cc(S(=O)(=O)N2CCOCC2)ccc1N1CCCC1)c1ccccc1. The first-order valence-corrected chi connectivity index (χ1v) is 12.9. The highest BCUT2D eigenvalue weighted by molar-refractivity contribution is 7.89. The van der Waals surface area contributed by atoms with Gasteiger partial charge in [-0.3, -0.25) is 4.79 Å². The number of carbonyl (C=O) groups is 1. The van der Waals surface area contributed by atoms with E-state index in [2.05, 4.69) is 15.5 Å². The van der Waals surface area contributed by atoms with Gasteiger partial charge in [-0.1, -0.05) is 30.3 Å². The van der Waals surface area contributed by atoms with Gasteiger partial charge in [0, 0.05) is 26.2 Å². The van der Waals surface area contributed by atoms with Crippen molar-refractivity contribution in [1.29, 1.82) is 0 Å². The minimum absolute atomic E-state index is 0.0546. The Morgan fingerprint density at radius 2 is 1.73 bits per heavy atom. The summed E-state index contributed by atoms with van der Waals surface area (Å²) in [4.78, 5) is 15.1. The first-order chi connectivity index (χ1) is 15.9. The summed E-state index contributed by atoms with van der Waals surface area (Å²) in [6.07, 6.45) is 2.20. The second-order valence-corrected chi connectivity index (χ2v) is 10.4. The highest BCUT2D eigenvalue weighted by atomic mass is 32.2. The molecule has 2 aliphatic rings.